The fourth-order valence-electron chi connectivity index (χ4n) is 0.249. The molecule has 0 aliphatic carbocycles. The second kappa shape index (κ2) is 3.32. The normalized spacial score (nSPS) is 12.0. The first-order valence-electron chi connectivity index (χ1n) is 2.51. The average Bonchev–Trinajstić information content (AvgIpc) is 1.59. The molecule has 48 valence electrons. The van der Waals surface area contributed by atoms with E-state index in [1.165, 1.54) is 0 Å². The molecule has 0 nitrogen and oxygen atoms in total. The fraction of sp³-hybridized carbons (Fsp3) is 0.667. The summed E-state index contributed by atoms with van der Waals surface area (Å²) in [7, 11) is -0.853. The number of thiol groups is 1. The zero-order valence-corrected chi connectivity index (χ0v) is 7.27. The van der Waals surface area contributed by atoms with Crippen molar-refractivity contribution in [2.24, 2.45) is 0 Å². The van der Waals surface area contributed by atoms with Gasteiger partial charge in [0.1, 0.15) is 0 Å². The Morgan fingerprint density at radius 2 is 2.00 bits per heavy atom. The van der Waals surface area contributed by atoms with E-state index in [1.54, 1.807) is 0 Å². The quantitative estimate of drug-likeness (QED) is 0.304. The maximum atomic E-state index is 4.30. The van der Waals surface area contributed by atoms with Crippen molar-refractivity contribution in [1.29, 1.82) is 0 Å². The molecule has 0 fully saturated rings. The summed E-state index contributed by atoms with van der Waals surface area (Å²) in [5, 5.41) is 3.07. The van der Waals surface area contributed by atoms with Gasteiger partial charge in [-0.25, -0.2) is 0 Å². The van der Waals surface area contributed by atoms with E-state index in [0.29, 0.717) is 0 Å². The van der Waals surface area contributed by atoms with Gasteiger partial charge in [0.25, 0.3) is 0 Å². The summed E-state index contributed by atoms with van der Waals surface area (Å²) >= 11 is 4.30. The van der Waals surface area contributed by atoms with Crippen LogP contribution in [0.4, 0.5) is 0 Å². The molecule has 0 N–H and O–H groups in total. The van der Waals surface area contributed by atoms with Crippen LogP contribution in [0.1, 0.15) is 13.3 Å². The van der Waals surface area contributed by atoms with Crippen LogP contribution in [0.15, 0.2) is 0 Å². The summed E-state index contributed by atoms with van der Waals surface area (Å²) in [5.41, 5.74) is 0. The summed E-state index contributed by atoms with van der Waals surface area (Å²) in [4.78, 5) is 0. The van der Waals surface area contributed by atoms with Gasteiger partial charge in [-0.15, -0.1) is 20.7 Å². The highest BCUT2D eigenvalue weighted by molar-refractivity contribution is 8.89. The monoisotopic (exact) mass is 148 g/mol. The van der Waals surface area contributed by atoms with E-state index in [1.807, 2.05) is 6.92 Å². The predicted molar refractivity (Wildman–Crippen MR) is 46.5 cm³/mol. The molecule has 0 aromatic heterocycles. The Bertz CT molecular complexity index is 111. The molecule has 0 radical (unpaired) electrons. The highest BCUT2D eigenvalue weighted by Crippen LogP contribution is 2.42. The molecule has 0 aliphatic rings. The first-order chi connectivity index (χ1) is 3.56. The molecule has 0 spiro atoms. The van der Waals surface area contributed by atoms with E-state index in [4.69, 9.17) is 0 Å². The Kier molecular flexibility index (Phi) is 3.43. The Labute approximate surface area is 58.2 Å². The van der Waals surface area contributed by atoms with Crippen LogP contribution < -0.4 is 0 Å². The minimum atomic E-state index is -0.853. The first kappa shape index (κ1) is 8.26. The highest BCUT2D eigenvalue weighted by Gasteiger charge is 1.95. The molecule has 0 saturated heterocycles. The van der Waals surface area contributed by atoms with Crippen LogP contribution in [-0.4, -0.2) is 12.5 Å². The fourth-order valence-corrected chi connectivity index (χ4v) is 0.940. The SMILES string of the molecule is CCC#CS(C)(C)S. The summed E-state index contributed by atoms with van der Waals surface area (Å²) < 4.78 is 0. The molecule has 0 unspecified atom stereocenters. The summed E-state index contributed by atoms with van der Waals surface area (Å²) in [5.74, 6) is 3.00. The van der Waals surface area contributed by atoms with Gasteiger partial charge in [0, 0.05) is 6.42 Å². The van der Waals surface area contributed by atoms with Crippen LogP contribution >= 0.6 is 20.7 Å². The smallest absolute Gasteiger partial charge is 0.00689 e. The molecule has 0 aromatic carbocycles. The van der Waals surface area contributed by atoms with Crippen LogP contribution in [0, 0.1) is 11.2 Å². The molecule has 0 atom stereocenters. The van der Waals surface area contributed by atoms with E-state index >= 15 is 0 Å². The predicted octanol–water partition coefficient (Wildman–Crippen LogP) is 2.27. The highest BCUT2D eigenvalue weighted by atomic mass is 33.1. The third-order valence-corrected chi connectivity index (χ3v) is 1.42. The molecule has 0 saturated carbocycles. The van der Waals surface area contributed by atoms with Crippen molar-refractivity contribution in [3.8, 4) is 11.2 Å². The Balaban J connectivity index is 3.69. The maximum Gasteiger partial charge on any atom is 0.00689 e. The molecular formula is C6H12S2. The van der Waals surface area contributed by atoms with E-state index < -0.39 is 9.06 Å². The third kappa shape index (κ3) is 6.26. The first-order valence-corrected chi connectivity index (χ1v) is 6.02. The van der Waals surface area contributed by atoms with Gasteiger partial charge >= 0.3 is 0 Å². The Morgan fingerprint density at radius 3 is 2.12 bits per heavy atom. The largest absolute Gasteiger partial charge is 0.137 e. The zero-order chi connectivity index (χ0) is 6.62. The molecule has 0 heterocycles. The Hall–Kier alpha value is 0.260. The lowest BCUT2D eigenvalue weighted by Gasteiger charge is -2.12. The van der Waals surface area contributed by atoms with E-state index in [-0.39, 0.29) is 0 Å². The van der Waals surface area contributed by atoms with Crippen molar-refractivity contribution in [1.82, 2.24) is 0 Å². The molecule has 0 aliphatic heterocycles. The zero-order valence-electron chi connectivity index (χ0n) is 5.56. The second-order valence-corrected chi connectivity index (χ2v) is 7.39. The lowest BCUT2D eigenvalue weighted by Crippen LogP contribution is -1.75. The van der Waals surface area contributed by atoms with Gasteiger partial charge in [0.15, 0.2) is 0 Å². The van der Waals surface area contributed by atoms with Gasteiger partial charge in [-0.3, -0.25) is 0 Å². The third-order valence-electron chi connectivity index (χ3n) is 0.499. The lowest BCUT2D eigenvalue weighted by atomic mass is 10.5. The van der Waals surface area contributed by atoms with Crippen molar-refractivity contribution < 1.29 is 0 Å². The molecule has 0 bridgehead atoms. The van der Waals surface area contributed by atoms with Crippen molar-refractivity contribution in [3.05, 3.63) is 0 Å². The standard InChI is InChI=1S/C6H12S2/c1-4-5-6-8(2,3)7/h7H,4H2,1-3H3. The van der Waals surface area contributed by atoms with Gasteiger partial charge in [-0.2, -0.15) is 0 Å². The van der Waals surface area contributed by atoms with Crippen LogP contribution in [0.25, 0.3) is 0 Å². The van der Waals surface area contributed by atoms with Gasteiger partial charge < -0.3 is 0 Å². The molecular weight excluding hydrogens is 136 g/mol. The molecule has 8 heavy (non-hydrogen) atoms. The van der Waals surface area contributed by atoms with Crippen molar-refractivity contribution in [3.63, 3.8) is 0 Å². The van der Waals surface area contributed by atoms with Crippen molar-refractivity contribution >= 4 is 20.7 Å². The molecule has 2 heteroatoms. The minimum Gasteiger partial charge on any atom is -0.137 e. The van der Waals surface area contributed by atoms with Gasteiger partial charge in [0.2, 0.25) is 0 Å². The van der Waals surface area contributed by atoms with E-state index in [0.717, 1.165) is 6.42 Å². The molecule has 0 rings (SSSR count). The van der Waals surface area contributed by atoms with Gasteiger partial charge in [-0.1, -0.05) is 12.8 Å². The van der Waals surface area contributed by atoms with Crippen LogP contribution in [0.2, 0.25) is 0 Å². The topological polar surface area (TPSA) is 0 Å². The van der Waals surface area contributed by atoms with E-state index in [2.05, 4.69) is 35.3 Å². The molecule has 0 aromatic rings. The Morgan fingerprint density at radius 1 is 1.50 bits per heavy atom. The second-order valence-electron chi connectivity index (χ2n) is 1.91. The summed E-state index contributed by atoms with van der Waals surface area (Å²) in [6.45, 7) is 2.05. The summed E-state index contributed by atoms with van der Waals surface area (Å²) in [6.07, 6.45) is 5.08. The van der Waals surface area contributed by atoms with Crippen molar-refractivity contribution in [2.75, 3.05) is 12.5 Å². The number of hydrogen-bond acceptors (Lipinski definition) is 1. The maximum absolute atomic E-state index is 4.30. The average molecular weight is 148 g/mol. The summed E-state index contributed by atoms with van der Waals surface area (Å²) in [6, 6.07) is 0. The molecule has 0 amide bonds. The number of hydrogen-bond donors (Lipinski definition) is 1. The van der Waals surface area contributed by atoms with Crippen LogP contribution in [-0.2, 0) is 0 Å². The van der Waals surface area contributed by atoms with Crippen LogP contribution in [0.3, 0.4) is 0 Å². The number of rotatable bonds is 0. The van der Waals surface area contributed by atoms with Gasteiger partial charge in [-0.05, 0) is 17.8 Å². The van der Waals surface area contributed by atoms with E-state index in [9.17, 15) is 0 Å². The van der Waals surface area contributed by atoms with Gasteiger partial charge in [0.05, 0.1) is 0 Å². The lowest BCUT2D eigenvalue weighted by molar-refractivity contribution is 1.28. The van der Waals surface area contributed by atoms with Crippen LogP contribution in [0.5, 0.6) is 0 Å². The minimum absolute atomic E-state index is 0.853. The van der Waals surface area contributed by atoms with Crippen molar-refractivity contribution in [2.45, 2.75) is 13.3 Å².